The van der Waals surface area contributed by atoms with Gasteiger partial charge < -0.3 is 9.47 Å². The molecule has 1 rings (SSSR count). The van der Waals surface area contributed by atoms with Gasteiger partial charge in [-0.05, 0) is 26.3 Å². The summed E-state index contributed by atoms with van der Waals surface area (Å²) in [6.07, 6.45) is 5.12. The number of rotatable bonds is 1. The monoisotopic (exact) mass is 142 g/mol. The lowest BCUT2D eigenvalue weighted by atomic mass is 10.3. The topological polar surface area (TPSA) is 18.5 Å². The largest absolute Gasteiger partial charge is 0.349 e. The fraction of sp³-hybridized carbons (Fsp3) is 0.750. The van der Waals surface area contributed by atoms with E-state index in [0.717, 1.165) is 13.0 Å². The Hall–Kier alpha value is -0.340. The summed E-state index contributed by atoms with van der Waals surface area (Å²) >= 11 is 0. The molecule has 0 aromatic rings. The normalized spacial score (nSPS) is 35.0. The van der Waals surface area contributed by atoms with Crippen molar-refractivity contribution in [3.8, 4) is 0 Å². The maximum absolute atomic E-state index is 5.42. The number of hydrogen-bond acceptors (Lipinski definition) is 2. The molecule has 2 heteroatoms. The molecule has 10 heavy (non-hydrogen) atoms. The van der Waals surface area contributed by atoms with E-state index in [1.807, 2.05) is 19.1 Å². The fourth-order valence-corrected chi connectivity index (χ4v) is 0.944. The van der Waals surface area contributed by atoms with Crippen LogP contribution in [0.25, 0.3) is 0 Å². The maximum Gasteiger partial charge on any atom is 0.177 e. The van der Waals surface area contributed by atoms with Crippen LogP contribution in [0.3, 0.4) is 0 Å². The van der Waals surface area contributed by atoms with Gasteiger partial charge in [-0.1, -0.05) is 6.08 Å². The van der Waals surface area contributed by atoms with Crippen LogP contribution in [0.4, 0.5) is 0 Å². The van der Waals surface area contributed by atoms with Gasteiger partial charge in [0.15, 0.2) is 6.29 Å². The number of ether oxygens (including phenoxy) is 2. The summed E-state index contributed by atoms with van der Waals surface area (Å²) in [5.74, 6) is 0. The quantitative estimate of drug-likeness (QED) is 0.519. The Morgan fingerprint density at radius 1 is 1.50 bits per heavy atom. The highest BCUT2D eigenvalue weighted by molar-refractivity contribution is 4.83. The molecular weight excluding hydrogens is 128 g/mol. The van der Waals surface area contributed by atoms with Crippen molar-refractivity contribution in [3.63, 3.8) is 0 Å². The summed E-state index contributed by atoms with van der Waals surface area (Å²) in [6, 6.07) is 0. The van der Waals surface area contributed by atoms with Crippen molar-refractivity contribution < 1.29 is 9.47 Å². The SMILES string of the molecule is CC=CC1OCCC(C)O1. The highest BCUT2D eigenvalue weighted by Crippen LogP contribution is 2.12. The van der Waals surface area contributed by atoms with E-state index >= 15 is 0 Å². The van der Waals surface area contributed by atoms with Crippen LogP contribution in [0.15, 0.2) is 12.2 Å². The molecule has 2 nitrogen and oxygen atoms in total. The predicted molar refractivity (Wildman–Crippen MR) is 39.7 cm³/mol. The van der Waals surface area contributed by atoms with Crippen molar-refractivity contribution in [2.24, 2.45) is 0 Å². The van der Waals surface area contributed by atoms with Crippen molar-refractivity contribution in [2.45, 2.75) is 32.7 Å². The van der Waals surface area contributed by atoms with Crippen LogP contribution in [-0.4, -0.2) is 19.0 Å². The van der Waals surface area contributed by atoms with Gasteiger partial charge in [0.05, 0.1) is 12.7 Å². The van der Waals surface area contributed by atoms with Crippen LogP contribution < -0.4 is 0 Å². The lowest BCUT2D eigenvalue weighted by Gasteiger charge is -2.25. The predicted octanol–water partition coefficient (Wildman–Crippen LogP) is 1.71. The smallest absolute Gasteiger partial charge is 0.177 e. The van der Waals surface area contributed by atoms with E-state index < -0.39 is 0 Å². The standard InChI is InChI=1S/C8H14O2/c1-3-4-8-9-6-5-7(2)10-8/h3-4,7-8H,5-6H2,1-2H3. The third-order valence-electron chi connectivity index (χ3n) is 1.52. The lowest BCUT2D eigenvalue weighted by molar-refractivity contribution is -0.181. The maximum atomic E-state index is 5.42. The molecule has 0 N–H and O–H groups in total. The summed E-state index contributed by atoms with van der Waals surface area (Å²) in [5, 5.41) is 0. The first kappa shape index (κ1) is 7.76. The molecule has 58 valence electrons. The van der Waals surface area contributed by atoms with E-state index in [0.29, 0.717) is 6.10 Å². The Bertz CT molecular complexity index is 120. The van der Waals surface area contributed by atoms with Gasteiger partial charge in [-0.15, -0.1) is 0 Å². The van der Waals surface area contributed by atoms with Crippen molar-refractivity contribution in [2.75, 3.05) is 6.61 Å². The van der Waals surface area contributed by atoms with Gasteiger partial charge in [0.25, 0.3) is 0 Å². The molecule has 1 fully saturated rings. The molecule has 1 aliphatic heterocycles. The molecule has 0 amide bonds. The number of hydrogen-bond donors (Lipinski definition) is 0. The molecule has 2 atom stereocenters. The molecular formula is C8H14O2. The Labute approximate surface area is 61.8 Å². The summed E-state index contributed by atoms with van der Waals surface area (Å²) in [6.45, 7) is 4.85. The zero-order valence-electron chi connectivity index (χ0n) is 6.54. The van der Waals surface area contributed by atoms with Crippen LogP contribution in [-0.2, 0) is 9.47 Å². The van der Waals surface area contributed by atoms with Crippen LogP contribution >= 0.6 is 0 Å². The third kappa shape index (κ3) is 2.12. The minimum absolute atomic E-state index is 0.103. The Morgan fingerprint density at radius 2 is 2.30 bits per heavy atom. The zero-order valence-corrected chi connectivity index (χ0v) is 6.54. The molecule has 1 saturated heterocycles. The molecule has 1 heterocycles. The molecule has 0 aromatic carbocycles. The van der Waals surface area contributed by atoms with Crippen LogP contribution in [0.1, 0.15) is 20.3 Å². The Morgan fingerprint density at radius 3 is 2.90 bits per heavy atom. The summed E-state index contributed by atoms with van der Waals surface area (Å²) in [4.78, 5) is 0. The third-order valence-corrected chi connectivity index (χ3v) is 1.52. The second kappa shape index (κ2) is 3.74. The zero-order chi connectivity index (χ0) is 7.40. The summed E-state index contributed by atoms with van der Waals surface area (Å²) < 4.78 is 10.7. The molecule has 0 aliphatic carbocycles. The molecule has 0 aromatic heterocycles. The van der Waals surface area contributed by atoms with E-state index in [1.165, 1.54) is 0 Å². The number of allylic oxidation sites excluding steroid dienone is 1. The van der Waals surface area contributed by atoms with E-state index in [2.05, 4.69) is 6.92 Å². The minimum Gasteiger partial charge on any atom is -0.349 e. The van der Waals surface area contributed by atoms with Crippen molar-refractivity contribution in [3.05, 3.63) is 12.2 Å². The highest BCUT2D eigenvalue weighted by Gasteiger charge is 2.15. The second-order valence-electron chi connectivity index (χ2n) is 2.50. The first-order valence-electron chi connectivity index (χ1n) is 3.73. The van der Waals surface area contributed by atoms with E-state index in [9.17, 15) is 0 Å². The van der Waals surface area contributed by atoms with Gasteiger partial charge in [0.1, 0.15) is 0 Å². The van der Waals surface area contributed by atoms with Crippen LogP contribution in [0.2, 0.25) is 0 Å². The summed E-state index contributed by atoms with van der Waals surface area (Å²) in [7, 11) is 0. The first-order chi connectivity index (χ1) is 4.83. The molecule has 0 bridgehead atoms. The van der Waals surface area contributed by atoms with Gasteiger partial charge in [0, 0.05) is 0 Å². The molecule has 2 unspecified atom stereocenters. The van der Waals surface area contributed by atoms with E-state index in [-0.39, 0.29) is 6.29 Å². The lowest BCUT2D eigenvalue weighted by Crippen LogP contribution is -2.28. The van der Waals surface area contributed by atoms with Crippen LogP contribution in [0.5, 0.6) is 0 Å². The van der Waals surface area contributed by atoms with Gasteiger partial charge in [0.2, 0.25) is 0 Å². The summed E-state index contributed by atoms with van der Waals surface area (Å²) in [5.41, 5.74) is 0. The first-order valence-corrected chi connectivity index (χ1v) is 3.73. The minimum atomic E-state index is -0.103. The molecule has 0 spiro atoms. The molecule has 1 aliphatic rings. The molecule has 0 radical (unpaired) electrons. The van der Waals surface area contributed by atoms with Crippen molar-refractivity contribution in [1.29, 1.82) is 0 Å². The van der Waals surface area contributed by atoms with E-state index in [1.54, 1.807) is 0 Å². The van der Waals surface area contributed by atoms with Gasteiger partial charge in [-0.2, -0.15) is 0 Å². The van der Waals surface area contributed by atoms with Gasteiger partial charge >= 0.3 is 0 Å². The Balaban J connectivity index is 2.32. The van der Waals surface area contributed by atoms with E-state index in [4.69, 9.17) is 9.47 Å². The van der Waals surface area contributed by atoms with Crippen LogP contribution in [0, 0.1) is 0 Å². The Kier molecular flexibility index (Phi) is 2.90. The second-order valence-corrected chi connectivity index (χ2v) is 2.50. The average Bonchev–Trinajstić information content (AvgIpc) is 1.88. The average molecular weight is 142 g/mol. The highest BCUT2D eigenvalue weighted by atomic mass is 16.7. The van der Waals surface area contributed by atoms with Crippen molar-refractivity contribution >= 4 is 0 Å². The molecule has 0 saturated carbocycles. The van der Waals surface area contributed by atoms with Gasteiger partial charge in [-0.25, -0.2) is 0 Å². The van der Waals surface area contributed by atoms with Gasteiger partial charge in [-0.3, -0.25) is 0 Å². The fourth-order valence-electron chi connectivity index (χ4n) is 0.944. The van der Waals surface area contributed by atoms with Crippen molar-refractivity contribution in [1.82, 2.24) is 0 Å².